The topological polar surface area (TPSA) is 101 Å². The van der Waals surface area contributed by atoms with E-state index < -0.39 is 40.7 Å². The molecule has 1 unspecified atom stereocenters. The average molecular weight is 491 g/mol. The molecule has 0 saturated heterocycles. The van der Waals surface area contributed by atoms with Gasteiger partial charge in [0, 0.05) is 10.8 Å². The molecule has 0 aromatic carbocycles. The van der Waals surface area contributed by atoms with E-state index in [1.165, 1.54) is 5.57 Å². The Morgan fingerprint density at radius 2 is 1.31 bits per heavy atom. The molecule has 5 aliphatic carbocycles. The molecule has 5 nitrogen and oxygen atoms in total. The fourth-order valence-corrected chi connectivity index (χ4v) is 10.8. The third kappa shape index (κ3) is 2.83. The van der Waals surface area contributed by atoms with Gasteiger partial charge in [0.1, 0.15) is 0 Å². The minimum atomic E-state index is -1.12. The highest BCUT2D eigenvalue weighted by atomic mass is 16.3. The summed E-state index contributed by atoms with van der Waals surface area (Å²) in [4.78, 5) is 0. The summed E-state index contributed by atoms with van der Waals surface area (Å²) < 4.78 is 0. The lowest BCUT2D eigenvalue weighted by molar-refractivity contribution is -0.276. The average Bonchev–Trinajstić information content (AvgIpc) is 2.77. The third-order valence-corrected chi connectivity index (χ3v) is 13.5. The van der Waals surface area contributed by atoms with Crippen LogP contribution in [0.15, 0.2) is 11.6 Å². The molecule has 0 aromatic heterocycles. The van der Waals surface area contributed by atoms with Crippen molar-refractivity contribution in [3.05, 3.63) is 11.6 Å². The van der Waals surface area contributed by atoms with Crippen LogP contribution in [-0.4, -0.2) is 56.1 Å². The fourth-order valence-electron chi connectivity index (χ4n) is 10.8. The van der Waals surface area contributed by atoms with Gasteiger partial charge in [0.15, 0.2) is 0 Å². The zero-order valence-corrected chi connectivity index (χ0v) is 23.2. The largest absolute Gasteiger partial charge is 0.393 e. The molecule has 200 valence electrons. The Morgan fingerprint density at radius 3 is 1.94 bits per heavy atom. The minimum absolute atomic E-state index is 0.0493. The van der Waals surface area contributed by atoms with Crippen molar-refractivity contribution in [2.45, 2.75) is 124 Å². The second-order valence-electron chi connectivity index (χ2n) is 15.4. The van der Waals surface area contributed by atoms with Crippen molar-refractivity contribution >= 4 is 0 Å². The first-order valence-corrected chi connectivity index (χ1v) is 14.0. The highest BCUT2D eigenvalue weighted by Gasteiger charge is 2.73. The second-order valence-corrected chi connectivity index (χ2v) is 15.4. The van der Waals surface area contributed by atoms with E-state index in [0.29, 0.717) is 18.3 Å². The van der Waals surface area contributed by atoms with Crippen molar-refractivity contribution in [1.82, 2.24) is 0 Å². The standard InChI is InChI=1S/C30H50O5/c1-25(2)15-17-16-9-10-19-27(5)13-12-20(31)26(3,4)18(27)11-14-28(19,6)30(16,8)24(35)23(34)29(17,7)22(33)21(25)32/h9,17-24,31-35H,10-15H2,1-8H3/t17-,18-,19+,20-,21-,22?,23+,24-,27-,28+,29+,30-/m0/s1. The molecule has 0 radical (unpaired) electrons. The van der Waals surface area contributed by atoms with Gasteiger partial charge < -0.3 is 25.5 Å². The molecule has 5 heteroatoms. The first-order chi connectivity index (χ1) is 15.9. The van der Waals surface area contributed by atoms with Crippen LogP contribution in [0.1, 0.15) is 93.9 Å². The minimum Gasteiger partial charge on any atom is -0.393 e. The number of aliphatic hydroxyl groups excluding tert-OH is 5. The van der Waals surface area contributed by atoms with E-state index in [-0.39, 0.29) is 28.3 Å². The number of allylic oxidation sites excluding steroid dienone is 1. The van der Waals surface area contributed by atoms with Crippen LogP contribution in [0.25, 0.3) is 0 Å². The van der Waals surface area contributed by atoms with Gasteiger partial charge in [0.25, 0.3) is 0 Å². The van der Waals surface area contributed by atoms with Gasteiger partial charge in [-0.2, -0.15) is 0 Å². The molecule has 0 aliphatic heterocycles. The molecule has 0 heterocycles. The lowest BCUT2D eigenvalue weighted by Crippen LogP contribution is -2.74. The van der Waals surface area contributed by atoms with E-state index in [1.807, 2.05) is 20.8 Å². The summed E-state index contributed by atoms with van der Waals surface area (Å²) in [7, 11) is 0. The van der Waals surface area contributed by atoms with E-state index in [1.54, 1.807) is 0 Å². The molecule has 4 saturated carbocycles. The van der Waals surface area contributed by atoms with Crippen molar-refractivity contribution < 1.29 is 25.5 Å². The predicted octanol–water partition coefficient (Wildman–Crippen LogP) is 4.05. The van der Waals surface area contributed by atoms with Gasteiger partial charge in [-0.1, -0.05) is 67.0 Å². The summed E-state index contributed by atoms with van der Waals surface area (Å²) in [6, 6.07) is 0. The Balaban J connectivity index is 1.65. The van der Waals surface area contributed by atoms with Crippen LogP contribution >= 0.6 is 0 Å². The quantitative estimate of drug-likeness (QED) is 0.330. The molecule has 4 fully saturated rings. The number of rotatable bonds is 0. The highest BCUT2D eigenvalue weighted by Crippen LogP contribution is 2.75. The smallest absolute Gasteiger partial charge is 0.0901 e. The Kier molecular flexibility index (Phi) is 5.49. The zero-order valence-electron chi connectivity index (χ0n) is 23.2. The summed E-state index contributed by atoms with van der Waals surface area (Å²) in [5.74, 6) is 0.650. The summed E-state index contributed by atoms with van der Waals surface area (Å²) >= 11 is 0. The Bertz CT molecular complexity index is 926. The molecular weight excluding hydrogens is 440 g/mol. The number of fused-ring (bicyclic) bond motifs is 7. The monoisotopic (exact) mass is 490 g/mol. The molecule has 0 spiro atoms. The van der Waals surface area contributed by atoms with Gasteiger partial charge in [-0.05, 0) is 77.9 Å². The van der Waals surface area contributed by atoms with Crippen LogP contribution in [0.3, 0.4) is 0 Å². The van der Waals surface area contributed by atoms with Gasteiger partial charge in [-0.15, -0.1) is 0 Å². The van der Waals surface area contributed by atoms with E-state index in [4.69, 9.17) is 0 Å². The number of aliphatic hydroxyl groups is 5. The van der Waals surface area contributed by atoms with E-state index in [9.17, 15) is 25.5 Å². The predicted molar refractivity (Wildman–Crippen MR) is 136 cm³/mol. The lowest BCUT2D eigenvalue weighted by Gasteiger charge is -2.73. The maximum Gasteiger partial charge on any atom is 0.0901 e. The molecular formula is C30H50O5. The molecule has 0 aromatic rings. The van der Waals surface area contributed by atoms with Crippen LogP contribution < -0.4 is 0 Å². The normalized spacial score (nSPS) is 58.8. The van der Waals surface area contributed by atoms with Crippen molar-refractivity contribution in [2.75, 3.05) is 0 Å². The van der Waals surface area contributed by atoms with Crippen molar-refractivity contribution in [2.24, 2.45) is 50.2 Å². The fraction of sp³-hybridized carbons (Fsp3) is 0.933. The van der Waals surface area contributed by atoms with Crippen molar-refractivity contribution in [3.8, 4) is 0 Å². The Morgan fingerprint density at radius 1 is 0.714 bits per heavy atom. The maximum absolute atomic E-state index is 12.0. The van der Waals surface area contributed by atoms with E-state index in [2.05, 4.69) is 40.7 Å². The molecule has 35 heavy (non-hydrogen) atoms. The van der Waals surface area contributed by atoms with Crippen LogP contribution in [0, 0.1) is 50.2 Å². The lowest BCUT2D eigenvalue weighted by atomic mass is 9.32. The molecule has 0 amide bonds. The van der Waals surface area contributed by atoms with E-state index in [0.717, 1.165) is 32.1 Å². The SMILES string of the molecule is CC1(C)C[C@H]2C3=CC[C@@H]4[C@@]5(C)CC[C@H](O)C(C)(C)[C@@H]5CC[C@@]4(C)[C@]3(C)[C@@H](O)[C@@H](O)[C@@]2(C)C(O)[C@@H]1O. The van der Waals surface area contributed by atoms with Gasteiger partial charge in [0.2, 0.25) is 0 Å². The number of hydrogen-bond donors (Lipinski definition) is 5. The van der Waals surface area contributed by atoms with Crippen LogP contribution in [-0.2, 0) is 0 Å². The van der Waals surface area contributed by atoms with Crippen LogP contribution in [0.2, 0.25) is 0 Å². The molecule has 5 rings (SSSR count). The second kappa shape index (κ2) is 7.34. The molecule has 0 bridgehead atoms. The zero-order chi connectivity index (χ0) is 26.1. The third-order valence-electron chi connectivity index (χ3n) is 13.5. The van der Waals surface area contributed by atoms with Gasteiger partial charge in [0.05, 0.1) is 30.5 Å². The maximum atomic E-state index is 12.0. The van der Waals surface area contributed by atoms with Crippen molar-refractivity contribution in [3.63, 3.8) is 0 Å². The summed E-state index contributed by atoms with van der Waals surface area (Å²) in [5.41, 5.74) is -1.23. The van der Waals surface area contributed by atoms with Crippen LogP contribution in [0.5, 0.6) is 0 Å². The molecule has 5 N–H and O–H groups in total. The van der Waals surface area contributed by atoms with Gasteiger partial charge in [-0.3, -0.25) is 0 Å². The summed E-state index contributed by atoms with van der Waals surface area (Å²) in [6.07, 6.45) is 3.22. The number of hydrogen-bond acceptors (Lipinski definition) is 5. The van der Waals surface area contributed by atoms with Crippen LogP contribution in [0.4, 0.5) is 0 Å². The summed E-state index contributed by atoms with van der Waals surface area (Å²) in [5, 5.41) is 56.9. The first kappa shape index (κ1) is 26.2. The highest BCUT2D eigenvalue weighted by molar-refractivity contribution is 5.38. The Labute approximate surface area is 212 Å². The molecule has 12 atom stereocenters. The Hall–Kier alpha value is -0.460. The summed E-state index contributed by atoms with van der Waals surface area (Å²) in [6.45, 7) is 17.3. The first-order valence-electron chi connectivity index (χ1n) is 14.0. The van der Waals surface area contributed by atoms with Crippen molar-refractivity contribution in [1.29, 1.82) is 0 Å². The van der Waals surface area contributed by atoms with E-state index >= 15 is 0 Å². The molecule has 5 aliphatic rings. The van der Waals surface area contributed by atoms with Gasteiger partial charge in [-0.25, -0.2) is 0 Å². The van der Waals surface area contributed by atoms with Gasteiger partial charge >= 0.3 is 0 Å².